The van der Waals surface area contributed by atoms with Gasteiger partial charge >= 0.3 is 0 Å². The van der Waals surface area contributed by atoms with Gasteiger partial charge in [0.1, 0.15) is 5.75 Å². The van der Waals surface area contributed by atoms with Crippen LogP contribution in [0.1, 0.15) is 13.8 Å². The standard InChI is InChI=1S/C15H15ClO/c1-11(2)17-15-13(9-6-10-14(15)16)12-7-4-3-5-8-12/h3-11H,1-2H3. The fourth-order valence-corrected chi connectivity index (χ4v) is 1.93. The molecular formula is C15H15ClO. The van der Waals surface area contributed by atoms with E-state index >= 15 is 0 Å². The van der Waals surface area contributed by atoms with Crippen LogP contribution < -0.4 is 4.74 Å². The number of ether oxygens (including phenoxy) is 1. The second-order valence-electron chi connectivity index (χ2n) is 4.15. The summed E-state index contributed by atoms with van der Waals surface area (Å²) < 4.78 is 5.80. The second-order valence-corrected chi connectivity index (χ2v) is 4.56. The first-order chi connectivity index (χ1) is 8.18. The second kappa shape index (κ2) is 5.24. The molecule has 0 amide bonds. The molecule has 88 valence electrons. The molecule has 17 heavy (non-hydrogen) atoms. The van der Waals surface area contributed by atoms with Gasteiger partial charge in [0.15, 0.2) is 0 Å². The molecule has 2 rings (SSSR count). The average molecular weight is 247 g/mol. The van der Waals surface area contributed by atoms with E-state index in [1.165, 1.54) is 0 Å². The van der Waals surface area contributed by atoms with Crippen LogP contribution in [-0.4, -0.2) is 6.10 Å². The molecule has 0 spiro atoms. The molecule has 1 nitrogen and oxygen atoms in total. The summed E-state index contributed by atoms with van der Waals surface area (Å²) in [5.41, 5.74) is 2.15. The third-order valence-electron chi connectivity index (χ3n) is 2.41. The minimum atomic E-state index is 0.109. The zero-order valence-electron chi connectivity index (χ0n) is 9.98. The summed E-state index contributed by atoms with van der Waals surface area (Å²) in [6, 6.07) is 15.9. The first kappa shape index (κ1) is 12.0. The number of para-hydroxylation sites is 1. The van der Waals surface area contributed by atoms with Gasteiger partial charge in [0, 0.05) is 5.56 Å². The highest BCUT2D eigenvalue weighted by molar-refractivity contribution is 6.32. The van der Waals surface area contributed by atoms with Crippen LogP contribution in [0.4, 0.5) is 0 Å². The summed E-state index contributed by atoms with van der Waals surface area (Å²) in [5.74, 6) is 0.760. The Labute approximate surface area is 107 Å². The van der Waals surface area contributed by atoms with E-state index in [-0.39, 0.29) is 6.10 Å². The molecule has 0 saturated carbocycles. The van der Waals surface area contributed by atoms with E-state index in [2.05, 4.69) is 12.1 Å². The highest BCUT2D eigenvalue weighted by Crippen LogP contribution is 2.36. The molecule has 0 atom stereocenters. The molecule has 0 saturated heterocycles. The first-order valence-corrected chi connectivity index (χ1v) is 6.07. The maximum atomic E-state index is 6.20. The lowest BCUT2D eigenvalue weighted by Gasteiger charge is -2.15. The molecule has 0 aliphatic heterocycles. The Morgan fingerprint density at radius 1 is 0.941 bits per heavy atom. The van der Waals surface area contributed by atoms with Crippen LogP contribution >= 0.6 is 11.6 Å². The van der Waals surface area contributed by atoms with Crippen LogP contribution in [0.25, 0.3) is 11.1 Å². The minimum absolute atomic E-state index is 0.109. The van der Waals surface area contributed by atoms with E-state index in [0.717, 1.165) is 16.9 Å². The van der Waals surface area contributed by atoms with Crippen molar-refractivity contribution in [1.29, 1.82) is 0 Å². The summed E-state index contributed by atoms with van der Waals surface area (Å²) in [6.07, 6.45) is 0.109. The molecule has 0 aliphatic rings. The van der Waals surface area contributed by atoms with Crippen molar-refractivity contribution in [3.05, 3.63) is 53.6 Å². The van der Waals surface area contributed by atoms with Crippen molar-refractivity contribution in [2.75, 3.05) is 0 Å². The molecular weight excluding hydrogens is 232 g/mol. The van der Waals surface area contributed by atoms with E-state index in [4.69, 9.17) is 16.3 Å². The maximum absolute atomic E-state index is 6.20. The van der Waals surface area contributed by atoms with Gasteiger partial charge in [-0.05, 0) is 25.5 Å². The summed E-state index contributed by atoms with van der Waals surface area (Å²) in [5, 5.41) is 0.653. The highest BCUT2D eigenvalue weighted by atomic mass is 35.5. The Morgan fingerprint density at radius 3 is 2.29 bits per heavy atom. The number of hydrogen-bond donors (Lipinski definition) is 0. The lowest BCUT2D eigenvalue weighted by atomic mass is 10.0. The van der Waals surface area contributed by atoms with Crippen molar-refractivity contribution >= 4 is 11.6 Å². The predicted molar refractivity (Wildman–Crippen MR) is 72.7 cm³/mol. The van der Waals surface area contributed by atoms with Crippen molar-refractivity contribution in [2.24, 2.45) is 0 Å². The fraction of sp³-hybridized carbons (Fsp3) is 0.200. The van der Waals surface area contributed by atoms with Crippen LogP contribution in [0.5, 0.6) is 5.75 Å². The zero-order chi connectivity index (χ0) is 12.3. The van der Waals surface area contributed by atoms with Crippen molar-refractivity contribution in [3.63, 3.8) is 0 Å². The SMILES string of the molecule is CC(C)Oc1c(Cl)cccc1-c1ccccc1. The number of benzene rings is 2. The van der Waals surface area contributed by atoms with Gasteiger partial charge in [-0.1, -0.05) is 54.1 Å². The van der Waals surface area contributed by atoms with Gasteiger partial charge in [0.25, 0.3) is 0 Å². The predicted octanol–water partition coefficient (Wildman–Crippen LogP) is 4.79. The van der Waals surface area contributed by atoms with Crippen LogP contribution in [0.3, 0.4) is 0 Å². The zero-order valence-corrected chi connectivity index (χ0v) is 10.7. The smallest absolute Gasteiger partial charge is 0.146 e. The number of hydrogen-bond acceptors (Lipinski definition) is 1. The third kappa shape index (κ3) is 2.80. The normalized spacial score (nSPS) is 10.6. The molecule has 0 heterocycles. The Hall–Kier alpha value is -1.47. The van der Waals surface area contributed by atoms with E-state index in [9.17, 15) is 0 Å². The van der Waals surface area contributed by atoms with Crippen molar-refractivity contribution < 1.29 is 4.74 Å². The van der Waals surface area contributed by atoms with E-state index in [1.54, 1.807) is 0 Å². The van der Waals surface area contributed by atoms with Crippen molar-refractivity contribution in [1.82, 2.24) is 0 Å². The van der Waals surface area contributed by atoms with E-state index in [0.29, 0.717) is 5.02 Å². The Bertz CT molecular complexity index is 492. The van der Waals surface area contributed by atoms with Gasteiger partial charge in [-0.25, -0.2) is 0 Å². The Balaban J connectivity index is 2.50. The minimum Gasteiger partial charge on any atom is -0.489 e. The van der Waals surface area contributed by atoms with E-state index in [1.807, 2.05) is 50.2 Å². The van der Waals surface area contributed by atoms with Gasteiger partial charge in [0.05, 0.1) is 11.1 Å². The quantitative estimate of drug-likeness (QED) is 0.756. The Morgan fingerprint density at radius 2 is 1.65 bits per heavy atom. The molecule has 0 aliphatic carbocycles. The lowest BCUT2D eigenvalue weighted by molar-refractivity contribution is 0.243. The molecule has 2 aromatic rings. The van der Waals surface area contributed by atoms with Gasteiger partial charge in [-0.3, -0.25) is 0 Å². The van der Waals surface area contributed by atoms with Gasteiger partial charge < -0.3 is 4.74 Å². The van der Waals surface area contributed by atoms with Crippen molar-refractivity contribution in [3.8, 4) is 16.9 Å². The summed E-state index contributed by atoms with van der Waals surface area (Å²) in [7, 11) is 0. The van der Waals surface area contributed by atoms with Crippen molar-refractivity contribution in [2.45, 2.75) is 20.0 Å². The average Bonchev–Trinajstić information content (AvgIpc) is 2.32. The van der Waals surface area contributed by atoms with Gasteiger partial charge in [-0.2, -0.15) is 0 Å². The summed E-state index contributed by atoms with van der Waals surface area (Å²) >= 11 is 6.20. The monoisotopic (exact) mass is 246 g/mol. The fourth-order valence-electron chi connectivity index (χ4n) is 1.71. The number of halogens is 1. The lowest BCUT2D eigenvalue weighted by Crippen LogP contribution is -2.06. The molecule has 0 unspecified atom stereocenters. The van der Waals surface area contributed by atoms with Crippen LogP contribution in [0, 0.1) is 0 Å². The summed E-state index contributed by atoms with van der Waals surface area (Å²) in [4.78, 5) is 0. The highest BCUT2D eigenvalue weighted by Gasteiger charge is 2.11. The molecule has 2 heteroatoms. The van der Waals surface area contributed by atoms with Gasteiger partial charge in [-0.15, -0.1) is 0 Å². The number of rotatable bonds is 3. The summed E-state index contributed by atoms with van der Waals surface area (Å²) in [6.45, 7) is 4.00. The van der Waals surface area contributed by atoms with E-state index < -0.39 is 0 Å². The largest absolute Gasteiger partial charge is 0.489 e. The molecule has 0 radical (unpaired) electrons. The molecule has 0 aromatic heterocycles. The molecule has 0 bridgehead atoms. The third-order valence-corrected chi connectivity index (χ3v) is 2.70. The topological polar surface area (TPSA) is 9.23 Å². The van der Waals surface area contributed by atoms with Gasteiger partial charge in [0.2, 0.25) is 0 Å². The Kier molecular flexibility index (Phi) is 3.70. The maximum Gasteiger partial charge on any atom is 0.146 e. The molecule has 0 fully saturated rings. The van der Waals surface area contributed by atoms with Crippen LogP contribution in [0.2, 0.25) is 5.02 Å². The van der Waals surface area contributed by atoms with Crippen LogP contribution in [0.15, 0.2) is 48.5 Å². The first-order valence-electron chi connectivity index (χ1n) is 5.69. The molecule has 2 aromatic carbocycles. The van der Waals surface area contributed by atoms with Crippen LogP contribution in [-0.2, 0) is 0 Å². The molecule has 0 N–H and O–H groups in total.